The van der Waals surface area contributed by atoms with E-state index in [9.17, 15) is 0 Å². The van der Waals surface area contributed by atoms with Crippen LogP contribution in [0.3, 0.4) is 0 Å². The van der Waals surface area contributed by atoms with Crippen LogP contribution in [0.5, 0.6) is 11.5 Å². The molecule has 7 rings (SSSR count). The molecule has 3 saturated carbocycles. The first-order valence-corrected chi connectivity index (χ1v) is 10.2. The average Bonchev–Trinajstić information content (AvgIpc) is 3.01. The summed E-state index contributed by atoms with van der Waals surface area (Å²) in [6.45, 7) is 3.54. The van der Waals surface area contributed by atoms with Crippen molar-refractivity contribution in [2.75, 3.05) is 27.8 Å². The Morgan fingerprint density at radius 3 is 2.77 bits per heavy atom. The van der Waals surface area contributed by atoms with E-state index in [2.05, 4.69) is 31.0 Å². The van der Waals surface area contributed by atoms with Gasteiger partial charge in [-0.25, -0.2) is 0 Å². The first-order chi connectivity index (χ1) is 12.5. The highest BCUT2D eigenvalue weighted by Crippen LogP contribution is 2.76. The lowest BCUT2D eigenvalue weighted by atomic mass is 9.35. The van der Waals surface area contributed by atoms with Gasteiger partial charge in [-0.05, 0) is 63.2 Å². The smallest absolute Gasteiger partial charge is 0.165 e. The largest absolute Gasteiger partial charge is 0.493 e. The van der Waals surface area contributed by atoms with Gasteiger partial charge in [-0.1, -0.05) is 13.0 Å². The molecule has 4 nitrogen and oxygen atoms in total. The molecule has 0 radical (unpaired) electrons. The summed E-state index contributed by atoms with van der Waals surface area (Å²) in [7, 11) is 6.01. The van der Waals surface area contributed by atoms with Gasteiger partial charge in [0.05, 0.1) is 7.11 Å². The van der Waals surface area contributed by atoms with Crippen molar-refractivity contribution in [3.63, 3.8) is 0 Å². The van der Waals surface area contributed by atoms with E-state index in [1.807, 2.05) is 7.11 Å². The third kappa shape index (κ3) is 1.33. The Kier molecular flexibility index (Phi) is 2.78. The third-order valence-electron chi connectivity index (χ3n) is 9.18. The maximum absolute atomic E-state index is 6.86. The van der Waals surface area contributed by atoms with Gasteiger partial charge in [0.1, 0.15) is 11.7 Å². The number of likely N-dealkylation sites (tertiary alicyclic amines) is 1. The quantitative estimate of drug-likeness (QED) is 0.815. The number of hydrogen-bond donors (Lipinski definition) is 0. The van der Waals surface area contributed by atoms with Crippen LogP contribution in [0.15, 0.2) is 12.1 Å². The minimum absolute atomic E-state index is 0.0996. The van der Waals surface area contributed by atoms with E-state index < -0.39 is 0 Å². The maximum Gasteiger partial charge on any atom is 0.165 e. The van der Waals surface area contributed by atoms with E-state index in [1.54, 1.807) is 7.11 Å². The highest BCUT2D eigenvalue weighted by atomic mass is 16.6. The predicted molar refractivity (Wildman–Crippen MR) is 99.0 cm³/mol. The van der Waals surface area contributed by atoms with Crippen LogP contribution in [-0.4, -0.2) is 50.5 Å². The number of likely N-dealkylation sites (N-methyl/N-ethyl adjacent to an activating group) is 1. The Labute approximate surface area is 155 Å². The number of rotatable bonds is 2. The van der Waals surface area contributed by atoms with Crippen LogP contribution < -0.4 is 9.47 Å². The number of benzene rings is 1. The Hall–Kier alpha value is -1.26. The molecule has 3 unspecified atom stereocenters. The lowest BCUT2D eigenvalue weighted by molar-refractivity contribution is -0.272. The first-order valence-electron chi connectivity index (χ1n) is 10.2. The summed E-state index contributed by atoms with van der Waals surface area (Å²) < 4.78 is 18.9. The monoisotopic (exact) mass is 355 g/mol. The summed E-state index contributed by atoms with van der Waals surface area (Å²) in [6, 6.07) is 5.03. The maximum atomic E-state index is 6.86. The highest BCUT2D eigenvalue weighted by molar-refractivity contribution is 5.63. The topological polar surface area (TPSA) is 30.9 Å². The number of methoxy groups -OCH3 is 2. The lowest BCUT2D eigenvalue weighted by Crippen LogP contribution is -2.80. The van der Waals surface area contributed by atoms with Crippen LogP contribution in [0.1, 0.15) is 43.7 Å². The molecular weight excluding hydrogens is 326 g/mol. The van der Waals surface area contributed by atoms with E-state index in [1.165, 1.54) is 30.4 Å². The van der Waals surface area contributed by atoms with Gasteiger partial charge in [-0.15, -0.1) is 0 Å². The molecule has 1 saturated heterocycles. The summed E-state index contributed by atoms with van der Waals surface area (Å²) in [5.41, 5.74) is 3.22. The molecule has 140 valence electrons. The van der Waals surface area contributed by atoms with Crippen molar-refractivity contribution in [1.29, 1.82) is 0 Å². The fourth-order valence-corrected chi connectivity index (χ4v) is 8.20. The molecule has 6 aliphatic rings. The van der Waals surface area contributed by atoms with Gasteiger partial charge in [0, 0.05) is 29.5 Å². The van der Waals surface area contributed by atoms with Gasteiger partial charge < -0.3 is 19.1 Å². The van der Waals surface area contributed by atoms with Crippen molar-refractivity contribution in [2.24, 2.45) is 11.3 Å². The number of hydrogen-bond acceptors (Lipinski definition) is 4. The second-order valence-corrected chi connectivity index (χ2v) is 9.47. The van der Waals surface area contributed by atoms with Gasteiger partial charge in [0.2, 0.25) is 0 Å². The fourth-order valence-electron chi connectivity index (χ4n) is 8.20. The first kappa shape index (κ1) is 15.8. The fraction of sp³-hybridized carbons (Fsp3) is 0.727. The Balaban J connectivity index is 1.71. The Morgan fingerprint density at radius 1 is 1.19 bits per heavy atom. The number of ether oxygens (including phenoxy) is 3. The standard InChI is InChI=1S/C22H29NO3/c1-13-12-20-7-8-22(13,25-4)19-21(20)9-10-23(2)16(20)11-14-5-6-15(24-3)18(26-19)17(14)21/h5-6,13,16,19H,7-12H2,1-4H3/t13-,16?,19?,20+,21?,22+/m0/s1. The molecule has 0 N–H and O–H groups in total. The zero-order chi connectivity index (χ0) is 17.9. The zero-order valence-corrected chi connectivity index (χ0v) is 16.3. The minimum Gasteiger partial charge on any atom is -0.493 e. The van der Waals surface area contributed by atoms with E-state index in [4.69, 9.17) is 14.2 Å². The summed E-state index contributed by atoms with van der Waals surface area (Å²) in [4.78, 5) is 2.64. The average molecular weight is 355 g/mol. The van der Waals surface area contributed by atoms with E-state index in [0.717, 1.165) is 30.9 Å². The zero-order valence-electron chi connectivity index (χ0n) is 16.3. The molecule has 4 aliphatic carbocycles. The van der Waals surface area contributed by atoms with Gasteiger partial charge in [-0.3, -0.25) is 0 Å². The number of fused-ring (bicyclic) bond motifs is 2. The van der Waals surface area contributed by atoms with Gasteiger partial charge in [0.25, 0.3) is 0 Å². The van der Waals surface area contributed by atoms with Crippen molar-refractivity contribution >= 4 is 0 Å². The molecule has 0 aromatic heterocycles. The van der Waals surface area contributed by atoms with Crippen LogP contribution in [0, 0.1) is 11.3 Å². The molecule has 2 heterocycles. The van der Waals surface area contributed by atoms with Crippen molar-refractivity contribution in [1.82, 2.24) is 4.90 Å². The SMILES string of the molecule is COc1ccc2c3c1OC1C34CCN(C)C(C2)[C@]42CC[C@@]1(OC)[C@@H](C)C2. The van der Waals surface area contributed by atoms with Gasteiger partial charge in [0.15, 0.2) is 11.5 Å². The van der Waals surface area contributed by atoms with Crippen LogP contribution in [0.25, 0.3) is 0 Å². The van der Waals surface area contributed by atoms with Crippen LogP contribution in [-0.2, 0) is 16.6 Å². The number of nitrogens with zero attached hydrogens (tertiary/aromatic N) is 1. The normalized spacial score (nSPS) is 47.5. The van der Waals surface area contributed by atoms with Gasteiger partial charge >= 0.3 is 0 Å². The third-order valence-corrected chi connectivity index (χ3v) is 9.18. The van der Waals surface area contributed by atoms with Crippen molar-refractivity contribution in [2.45, 2.75) is 62.2 Å². The summed E-state index contributed by atoms with van der Waals surface area (Å²) in [6.07, 6.45) is 6.08. The summed E-state index contributed by atoms with van der Waals surface area (Å²) in [5.74, 6) is 2.45. The molecule has 6 atom stereocenters. The minimum atomic E-state index is -0.166. The number of piperidine rings is 1. The van der Waals surface area contributed by atoms with Gasteiger partial charge in [-0.2, -0.15) is 0 Å². The van der Waals surface area contributed by atoms with Crippen molar-refractivity contribution in [3.05, 3.63) is 23.3 Å². The van der Waals surface area contributed by atoms with Crippen LogP contribution >= 0.6 is 0 Å². The predicted octanol–water partition coefficient (Wildman–Crippen LogP) is 3.16. The molecule has 26 heavy (non-hydrogen) atoms. The second-order valence-electron chi connectivity index (χ2n) is 9.47. The Bertz CT molecular complexity index is 809. The molecule has 1 aromatic rings. The molecular formula is C22H29NO3. The molecule has 1 aromatic carbocycles. The summed E-state index contributed by atoms with van der Waals surface area (Å²) in [5, 5.41) is 0. The lowest BCUT2D eigenvalue weighted by Gasteiger charge is -2.73. The molecule has 0 amide bonds. The summed E-state index contributed by atoms with van der Waals surface area (Å²) >= 11 is 0. The van der Waals surface area contributed by atoms with Crippen molar-refractivity contribution < 1.29 is 14.2 Å². The molecule has 2 spiro atoms. The molecule has 4 fully saturated rings. The molecule has 4 heteroatoms. The second kappa shape index (κ2) is 4.59. The highest BCUT2D eigenvalue weighted by Gasteiger charge is 2.79. The molecule has 4 bridgehead atoms. The van der Waals surface area contributed by atoms with E-state index in [-0.39, 0.29) is 17.1 Å². The van der Waals surface area contributed by atoms with Crippen LogP contribution in [0.2, 0.25) is 0 Å². The molecule has 2 aliphatic heterocycles. The van der Waals surface area contributed by atoms with Crippen LogP contribution in [0.4, 0.5) is 0 Å². The van der Waals surface area contributed by atoms with E-state index in [0.29, 0.717) is 17.4 Å². The van der Waals surface area contributed by atoms with E-state index >= 15 is 0 Å². The Morgan fingerprint density at radius 2 is 2.04 bits per heavy atom. The van der Waals surface area contributed by atoms with Crippen molar-refractivity contribution in [3.8, 4) is 11.5 Å².